The highest BCUT2D eigenvalue weighted by Crippen LogP contribution is 2.30. The Morgan fingerprint density at radius 3 is 2.40 bits per heavy atom. The topological polar surface area (TPSA) is 64.4 Å². The second kappa shape index (κ2) is 5.54. The van der Waals surface area contributed by atoms with Crippen molar-refractivity contribution in [1.29, 1.82) is 0 Å². The number of nitrogens with one attached hydrogen (secondary N) is 1. The molecule has 0 radical (unpaired) electrons. The first kappa shape index (κ1) is 13.6. The Balaban J connectivity index is 1.65. The van der Waals surface area contributed by atoms with Gasteiger partial charge in [0.2, 0.25) is 5.91 Å². The molecule has 0 unspecified atom stereocenters. The van der Waals surface area contributed by atoms with Crippen LogP contribution in [0.5, 0.6) is 0 Å². The summed E-state index contributed by atoms with van der Waals surface area (Å²) >= 11 is 0. The minimum atomic E-state index is -0.424. The largest absolute Gasteiger partial charge is 0.381 e. The van der Waals surface area contributed by atoms with Gasteiger partial charge < -0.3 is 15.8 Å². The van der Waals surface area contributed by atoms with Crippen molar-refractivity contribution >= 4 is 5.91 Å². The van der Waals surface area contributed by atoms with Gasteiger partial charge in [0.1, 0.15) is 0 Å². The highest BCUT2D eigenvalue weighted by Gasteiger charge is 2.40. The summed E-state index contributed by atoms with van der Waals surface area (Å²) in [4.78, 5) is 12.6. The summed E-state index contributed by atoms with van der Waals surface area (Å²) < 4.78 is 5.36. The Kier molecular flexibility index (Phi) is 3.76. The fraction of sp³-hybridized carbons (Fsp3) is 0.562. The van der Waals surface area contributed by atoms with Crippen molar-refractivity contribution in [1.82, 2.24) is 5.32 Å². The molecule has 1 fully saturated rings. The smallest absolute Gasteiger partial charge is 0.227 e. The van der Waals surface area contributed by atoms with Crippen molar-refractivity contribution < 1.29 is 9.53 Å². The van der Waals surface area contributed by atoms with Crippen LogP contribution in [0.3, 0.4) is 0 Å². The first-order valence-corrected chi connectivity index (χ1v) is 7.39. The fourth-order valence-corrected chi connectivity index (χ4v) is 3.29. The molecular weight excluding hydrogens is 252 g/mol. The summed E-state index contributed by atoms with van der Waals surface area (Å²) in [6.45, 7) is 1.67. The van der Waals surface area contributed by atoms with Gasteiger partial charge in [0.15, 0.2) is 0 Å². The maximum absolute atomic E-state index is 12.6. The molecule has 3 rings (SSSR count). The molecule has 4 nitrogen and oxygen atoms in total. The summed E-state index contributed by atoms with van der Waals surface area (Å²) in [6.07, 6.45) is 3.32. The van der Waals surface area contributed by atoms with E-state index in [2.05, 4.69) is 29.6 Å². The summed E-state index contributed by atoms with van der Waals surface area (Å²) in [6, 6.07) is 8.63. The summed E-state index contributed by atoms with van der Waals surface area (Å²) in [5.41, 5.74) is 8.16. The van der Waals surface area contributed by atoms with Crippen LogP contribution in [0, 0.1) is 5.41 Å². The molecule has 108 valence electrons. The van der Waals surface area contributed by atoms with Crippen molar-refractivity contribution in [3.05, 3.63) is 35.4 Å². The minimum Gasteiger partial charge on any atom is -0.381 e. The molecule has 1 amide bonds. The lowest BCUT2D eigenvalue weighted by molar-refractivity contribution is -0.136. The van der Waals surface area contributed by atoms with E-state index in [1.54, 1.807) is 0 Å². The van der Waals surface area contributed by atoms with Gasteiger partial charge in [0.05, 0.1) is 5.41 Å². The van der Waals surface area contributed by atoms with Crippen LogP contribution in [0.15, 0.2) is 24.3 Å². The first-order valence-electron chi connectivity index (χ1n) is 7.39. The predicted octanol–water partition coefficient (Wildman–Crippen LogP) is 1.03. The van der Waals surface area contributed by atoms with Gasteiger partial charge in [-0.05, 0) is 36.8 Å². The average Bonchev–Trinajstić information content (AvgIpc) is 2.90. The highest BCUT2D eigenvalue weighted by molar-refractivity contribution is 5.83. The number of amides is 1. The van der Waals surface area contributed by atoms with Gasteiger partial charge in [-0.15, -0.1) is 0 Å². The molecule has 2 aliphatic rings. The van der Waals surface area contributed by atoms with Crippen LogP contribution >= 0.6 is 0 Å². The van der Waals surface area contributed by atoms with E-state index in [0.717, 1.165) is 25.7 Å². The molecule has 1 aromatic rings. The molecule has 0 bridgehead atoms. The number of ether oxygens (including phenoxy) is 1. The third-order valence-corrected chi connectivity index (χ3v) is 4.71. The summed E-state index contributed by atoms with van der Waals surface area (Å²) in [5.74, 6) is 0.112. The van der Waals surface area contributed by atoms with Crippen LogP contribution in [0.25, 0.3) is 0 Å². The molecule has 0 atom stereocenters. The molecule has 3 N–H and O–H groups in total. The second-order valence-corrected chi connectivity index (χ2v) is 5.94. The Morgan fingerprint density at radius 1 is 1.25 bits per heavy atom. The zero-order chi connectivity index (χ0) is 14.0. The average molecular weight is 274 g/mol. The van der Waals surface area contributed by atoms with Gasteiger partial charge in [0.25, 0.3) is 0 Å². The molecular formula is C16H22N2O2. The Hall–Kier alpha value is -1.39. The molecule has 1 aromatic carbocycles. The van der Waals surface area contributed by atoms with Gasteiger partial charge in [-0.25, -0.2) is 0 Å². The maximum atomic E-state index is 12.6. The van der Waals surface area contributed by atoms with Gasteiger partial charge in [-0.3, -0.25) is 4.79 Å². The Labute approximate surface area is 119 Å². The van der Waals surface area contributed by atoms with E-state index < -0.39 is 5.41 Å². The lowest BCUT2D eigenvalue weighted by Crippen LogP contribution is -2.52. The second-order valence-electron chi connectivity index (χ2n) is 5.94. The maximum Gasteiger partial charge on any atom is 0.227 e. The number of fused-ring (bicyclic) bond motifs is 1. The molecule has 1 saturated heterocycles. The lowest BCUT2D eigenvalue weighted by Gasteiger charge is -2.35. The normalized spacial score (nSPS) is 21.4. The molecule has 4 heteroatoms. The number of benzene rings is 1. The summed E-state index contributed by atoms with van der Waals surface area (Å²) in [7, 11) is 0. The van der Waals surface area contributed by atoms with Crippen molar-refractivity contribution in [2.75, 3.05) is 19.8 Å². The van der Waals surface area contributed by atoms with Crippen LogP contribution < -0.4 is 11.1 Å². The molecule has 1 aliphatic carbocycles. The number of hydrogen-bond donors (Lipinski definition) is 2. The van der Waals surface area contributed by atoms with E-state index in [-0.39, 0.29) is 11.9 Å². The zero-order valence-electron chi connectivity index (χ0n) is 11.7. The van der Waals surface area contributed by atoms with Gasteiger partial charge >= 0.3 is 0 Å². The van der Waals surface area contributed by atoms with Crippen molar-refractivity contribution in [2.45, 2.75) is 31.7 Å². The SMILES string of the molecule is NCC1(C(=O)NC2Cc3ccccc3C2)CCOCC1. The first-order chi connectivity index (χ1) is 9.73. The van der Waals surface area contributed by atoms with Crippen molar-refractivity contribution in [3.8, 4) is 0 Å². The van der Waals surface area contributed by atoms with Crippen LogP contribution in [0.1, 0.15) is 24.0 Å². The molecule has 0 aromatic heterocycles. The Bertz CT molecular complexity index is 470. The van der Waals surface area contributed by atoms with Crippen molar-refractivity contribution in [2.24, 2.45) is 11.1 Å². The van der Waals surface area contributed by atoms with E-state index in [9.17, 15) is 4.79 Å². The van der Waals surface area contributed by atoms with E-state index in [1.165, 1.54) is 11.1 Å². The zero-order valence-corrected chi connectivity index (χ0v) is 11.7. The van der Waals surface area contributed by atoms with E-state index in [1.807, 2.05) is 0 Å². The third kappa shape index (κ3) is 2.45. The number of nitrogens with two attached hydrogens (primary N) is 1. The van der Waals surface area contributed by atoms with Gasteiger partial charge in [0, 0.05) is 25.8 Å². The van der Waals surface area contributed by atoms with E-state index >= 15 is 0 Å². The highest BCUT2D eigenvalue weighted by atomic mass is 16.5. The predicted molar refractivity (Wildman–Crippen MR) is 77.3 cm³/mol. The van der Waals surface area contributed by atoms with Gasteiger partial charge in [-0.1, -0.05) is 24.3 Å². The Morgan fingerprint density at radius 2 is 1.85 bits per heavy atom. The number of carbonyl (C=O) groups excluding carboxylic acids is 1. The monoisotopic (exact) mass is 274 g/mol. The van der Waals surface area contributed by atoms with Gasteiger partial charge in [-0.2, -0.15) is 0 Å². The van der Waals surface area contributed by atoms with Crippen LogP contribution in [-0.2, 0) is 22.4 Å². The summed E-state index contributed by atoms with van der Waals surface area (Å²) in [5, 5.41) is 3.21. The van der Waals surface area contributed by atoms with Crippen LogP contribution in [-0.4, -0.2) is 31.7 Å². The molecule has 0 spiro atoms. The quantitative estimate of drug-likeness (QED) is 0.865. The minimum absolute atomic E-state index is 0.112. The van der Waals surface area contributed by atoms with E-state index in [4.69, 9.17) is 10.5 Å². The fourth-order valence-electron chi connectivity index (χ4n) is 3.29. The third-order valence-electron chi connectivity index (χ3n) is 4.71. The van der Waals surface area contributed by atoms with Crippen molar-refractivity contribution in [3.63, 3.8) is 0 Å². The molecule has 20 heavy (non-hydrogen) atoms. The number of carbonyl (C=O) groups is 1. The molecule has 1 heterocycles. The molecule has 0 saturated carbocycles. The lowest BCUT2D eigenvalue weighted by atomic mass is 9.79. The standard InChI is InChI=1S/C16H22N2O2/c17-11-16(5-7-20-8-6-16)15(19)18-14-9-12-3-1-2-4-13(12)10-14/h1-4,14H,5-11,17H2,(H,18,19). The van der Waals surface area contributed by atoms with E-state index in [0.29, 0.717) is 19.8 Å². The number of rotatable bonds is 3. The van der Waals surface area contributed by atoms with Crippen LogP contribution in [0.2, 0.25) is 0 Å². The molecule has 1 aliphatic heterocycles. The van der Waals surface area contributed by atoms with Crippen LogP contribution in [0.4, 0.5) is 0 Å². The number of hydrogen-bond acceptors (Lipinski definition) is 3.